The van der Waals surface area contributed by atoms with Gasteiger partial charge in [0, 0.05) is 19.5 Å². The van der Waals surface area contributed by atoms with Crippen LogP contribution in [0.5, 0.6) is 0 Å². The van der Waals surface area contributed by atoms with Gasteiger partial charge >= 0.3 is 11.9 Å². The molecule has 0 unspecified atom stereocenters. The number of rotatable bonds is 20. The lowest BCUT2D eigenvalue weighted by molar-refractivity contribution is -0.144. The van der Waals surface area contributed by atoms with Crippen molar-refractivity contribution in [2.24, 2.45) is 0 Å². The van der Waals surface area contributed by atoms with Crippen LogP contribution in [-0.2, 0) is 24.5 Å². The lowest BCUT2D eigenvalue weighted by Crippen LogP contribution is -2.34. The van der Waals surface area contributed by atoms with Gasteiger partial charge in [0.25, 0.3) is 0 Å². The molecule has 0 aromatic heterocycles. The number of nitrogens with one attached hydrogen (secondary N) is 1. The fourth-order valence-corrected chi connectivity index (χ4v) is 5.18. The van der Waals surface area contributed by atoms with E-state index in [1.165, 1.54) is 19.3 Å². The fourth-order valence-electron chi connectivity index (χ4n) is 5.18. The molecule has 41 heavy (non-hydrogen) atoms. The molecular weight excluding hydrogens is 510 g/mol. The highest BCUT2D eigenvalue weighted by molar-refractivity contribution is 5.75. The average molecular weight is 556 g/mol. The van der Waals surface area contributed by atoms with Gasteiger partial charge in [0.15, 0.2) is 0 Å². The summed E-state index contributed by atoms with van der Waals surface area (Å²) in [5, 5.41) is 3.19. The summed E-state index contributed by atoms with van der Waals surface area (Å²) in [6.07, 6.45) is 10.4. The number of hydrogen-bond acceptors (Lipinski definition) is 5. The molecule has 0 saturated heterocycles. The first-order chi connectivity index (χ1) is 20.2. The van der Waals surface area contributed by atoms with Crippen molar-refractivity contribution in [1.29, 1.82) is 0 Å². The Hall–Kier alpha value is -3.70. The minimum absolute atomic E-state index is 0.149. The molecule has 0 aliphatic rings. The molecule has 0 aliphatic heterocycles. The maximum atomic E-state index is 13.2. The van der Waals surface area contributed by atoms with Crippen LogP contribution in [0.15, 0.2) is 104 Å². The summed E-state index contributed by atoms with van der Waals surface area (Å²) in [5.41, 5.74) is 2.45. The summed E-state index contributed by atoms with van der Waals surface area (Å²) in [4.78, 5) is 25.2. The van der Waals surface area contributed by atoms with Gasteiger partial charge < -0.3 is 14.8 Å². The molecule has 0 radical (unpaired) electrons. The summed E-state index contributed by atoms with van der Waals surface area (Å²) >= 11 is 0. The zero-order valence-electron chi connectivity index (χ0n) is 24.3. The molecule has 218 valence electrons. The van der Waals surface area contributed by atoms with Gasteiger partial charge in [-0.2, -0.15) is 0 Å². The van der Waals surface area contributed by atoms with Gasteiger partial charge in [-0.15, -0.1) is 6.58 Å². The first kappa shape index (κ1) is 31.8. The van der Waals surface area contributed by atoms with E-state index in [2.05, 4.69) is 48.3 Å². The van der Waals surface area contributed by atoms with Crippen molar-refractivity contribution in [1.82, 2.24) is 5.32 Å². The second-order valence-electron chi connectivity index (χ2n) is 10.3. The number of allylic oxidation sites excluding steroid dienone is 1. The van der Waals surface area contributed by atoms with Gasteiger partial charge in [-0.1, -0.05) is 123 Å². The van der Waals surface area contributed by atoms with E-state index in [-0.39, 0.29) is 25.0 Å². The van der Waals surface area contributed by atoms with Gasteiger partial charge in [-0.25, -0.2) is 0 Å². The second kappa shape index (κ2) is 18.6. The first-order valence-electron chi connectivity index (χ1n) is 15.0. The predicted octanol–water partition coefficient (Wildman–Crippen LogP) is 7.39. The van der Waals surface area contributed by atoms with Crippen LogP contribution in [0.25, 0.3) is 0 Å². The molecule has 0 bridgehead atoms. The topological polar surface area (TPSA) is 64.6 Å². The van der Waals surface area contributed by atoms with Crippen LogP contribution in [0.3, 0.4) is 0 Å². The number of carbonyl (C=O) groups excluding carboxylic acids is 2. The van der Waals surface area contributed by atoms with Crippen LogP contribution in [0, 0.1) is 0 Å². The zero-order valence-corrected chi connectivity index (χ0v) is 24.3. The molecule has 5 nitrogen and oxygen atoms in total. The quantitative estimate of drug-likeness (QED) is 0.0681. The molecule has 0 heterocycles. The zero-order chi connectivity index (χ0) is 29.0. The van der Waals surface area contributed by atoms with Crippen LogP contribution in [0.2, 0.25) is 0 Å². The molecule has 3 aromatic rings. The van der Waals surface area contributed by atoms with E-state index in [1.807, 2.05) is 60.7 Å². The van der Waals surface area contributed by atoms with Crippen molar-refractivity contribution in [2.45, 2.75) is 63.2 Å². The van der Waals surface area contributed by atoms with Crippen molar-refractivity contribution >= 4 is 11.9 Å². The van der Waals surface area contributed by atoms with E-state index in [1.54, 1.807) is 0 Å². The Morgan fingerprint density at radius 2 is 1.07 bits per heavy atom. The lowest BCUT2D eigenvalue weighted by Gasteiger charge is -2.35. The maximum Gasteiger partial charge on any atom is 0.307 e. The predicted molar refractivity (Wildman–Crippen MR) is 166 cm³/mol. The van der Waals surface area contributed by atoms with E-state index in [9.17, 15) is 9.59 Å². The highest BCUT2D eigenvalue weighted by Crippen LogP contribution is 2.42. The molecule has 0 aliphatic carbocycles. The highest BCUT2D eigenvalue weighted by Gasteiger charge is 2.39. The number of ether oxygens (including phenoxy) is 2. The number of hydrogen-bond donors (Lipinski definition) is 1. The summed E-state index contributed by atoms with van der Waals surface area (Å²) < 4.78 is 11.0. The number of esters is 2. The standard InChI is InChI=1S/C36H45NO4/c1-2-3-4-5-6-7-8-18-25-34(38)40-28-26-37-27-29-41-35(39)30-36(31-19-12-9-13-20-31,32-21-14-10-15-22-32)33-23-16-11-17-24-33/h2,9-17,19-24,37H,1,3-8,18,25-30H2. The van der Waals surface area contributed by atoms with E-state index in [0.717, 1.165) is 42.4 Å². The first-order valence-corrected chi connectivity index (χ1v) is 15.0. The van der Waals surface area contributed by atoms with Crippen molar-refractivity contribution in [3.63, 3.8) is 0 Å². The van der Waals surface area contributed by atoms with Gasteiger partial charge in [-0.05, 0) is 36.0 Å². The molecular formula is C36H45NO4. The maximum absolute atomic E-state index is 13.2. The van der Waals surface area contributed by atoms with Crippen molar-refractivity contribution < 1.29 is 19.1 Å². The molecule has 0 atom stereocenters. The van der Waals surface area contributed by atoms with Gasteiger partial charge in [0.05, 0.1) is 11.8 Å². The van der Waals surface area contributed by atoms with Crippen LogP contribution in [-0.4, -0.2) is 38.2 Å². The van der Waals surface area contributed by atoms with Crippen LogP contribution in [0.4, 0.5) is 0 Å². The monoisotopic (exact) mass is 555 g/mol. The van der Waals surface area contributed by atoms with E-state index < -0.39 is 5.41 Å². The minimum atomic E-state index is -0.673. The van der Waals surface area contributed by atoms with Crippen molar-refractivity contribution in [2.75, 3.05) is 26.3 Å². The molecule has 0 fully saturated rings. The van der Waals surface area contributed by atoms with Crippen LogP contribution in [0.1, 0.15) is 74.5 Å². The number of unbranched alkanes of at least 4 members (excludes halogenated alkanes) is 6. The highest BCUT2D eigenvalue weighted by atomic mass is 16.5. The van der Waals surface area contributed by atoms with Crippen LogP contribution >= 0.6 is 0 Å². The summed E-state index contributed by atoms with van der Waals surface area (Å²) in [5.74, 6) is -0.417. The Kier molecular flexibility index (Phi) is 14.4. The van der Waals surface area contributed by atoms with Gasteiger partial charge in [0.2, 0.25) is 0 Å². The Morgan fingerprint density at radius 3 is 1.56 bits per heavy atom. The Labute approximate surface area is 246 Å². The van der Waals surface area contributed by atoms with Gasteiger partial charge in [-0.3, -0.25) is 9.59 Å². The molecule has 0 spiro atoms. The molecule has 0 amide bonds. The normalized spacial score (nSPS) is 11.1. The third kappa shape index (κ3) is 10.7. The number of carbonyl (C=O) groups is 2. The van der Waals surface area contributed by atoms with E-state index in [0.29, 0.717) is 26.1 Å². The van der Waals surface area contributed by atoms with E-state index in [4.69, 9.17) is 9.47 Å². The Balaban J connectivity index is 1.42. The summed E-state index contributed by atoms with van der Waals surface area (Å²) in [6.45, 7) is 5.31. The molecule has 3 rings (SSSR count). The largest absolute Gasteiger partial charge is 0.464 e. The van der Waals surface area contributed by atoms with Crippen molar-refractivity contribution in [3.05, 3.63) is 120 Å². The third-order valence-corrected chi connectivity index (χ3v) is 7.33. The number of benzene rings is 3. The smallest absolute Gasteiger partial charge is 0.307 e. The van der Waals surface area contributed by atoms with Crippen LogP contribution < -0.4 is 5.32 Å². The second-order valence-corrected chi connectivity index (χ2v) is 10.3. The van der Waals surface area contributed by atoms with Gasteiger partial charge in [0.1, 0.15) is 13.2 Å². The Bertz CT molecular complexity index is 1050. The Morgan fingerprint density at radius 1 is 0.634 bits per heavy atom. The SMILES string of the molecule is C=CCCCCCCCCC(=O)OCCNCCOC(=O)CC(c1ccccc1)(c1ccccc1)c1ccccc1. The third-order valence-electron chi connectivity index (χ3n) is 7.33. The van der Waals surface area contributed by atoms with E-state index >= 15 is 0 Å². The average Bonchev–Trinajstić information content (AvgIpc) is 3.02. The molecule has 0 saturated carbocycles. The molecule has 5 heteroatoms. The summed E-state index contributed by atoms with van der Waals surface area (Å²) in [6, 6.07) is 30.4. The fraction of sp³-hybridized carbons (Fsp3) is 0.389. The molecule has 3 aromatic carbocycles. The summed E-state index contributed by atoms with van der Waals surface area (Å²) in [7, 11) is 0. The minimum Gasteiger partial charge on any atom is -0.464 e. The molecule has 1 N–H and O–H groups in total. The van der Waals surface area contributed by atoms with Crippen molar-refractivity contribution in [3.8, 4) is 0 Å². The lowest BCUT2D eigenvalue weighted by atomic mass is 9.67.